The van der Waals surface area contributed by atoms with E-state index in [1.807, 2.05) is 0 Å². The summed E-state index contributed by atoms with van der Waals surface area (Å²) in [5.74, 6) is 0.778. The molecule has 0 unspecified atom stereocenters. The van der Waals surface area contributed by atoms with Crippen LogP contribution in [0.3, 0.4) is 0 Å². The summed E-state index contributed by atoms with van der Waals surface area (Å²) in [6.07, 6.45) is -1.24. The summed E-state index contributed by atoms with van der Waals surface area (Å²) in [7, 11) is 1.72. The smallest absolute Gasteiger partial charge is 0.381 e. The van der Waals surface area contributed by atoms with Gasteiger partial charge in [-0.25, -0.2) is 9.97 Å². The average Bonchev–Trinajstić information content (AvgIpc) is 3.00. The minimum Gasteiger partial charge on any atom is -0.381 e. The van der Waals surface area contributed by atoms with Crippen molar-refractivity contribution in [2.75, 3.05) is 23.8 Å². The zero-order chi connectivity index (χ0) is 21.5. The third-order valence-electron chi connectivity index (χ3n) is 4.77. The second-order valence-corrected chi connectivity index (χ2v) is 7.68. The number of nitrogens with zero attached hydrogens (tertiary/aromatic N) is 4. The minimum absolute atomic E-state index is 0.123. The maximum atomic E-state index is 12.9. The molecular weight excluding hydrogens is 444 g/mol. The van der Waals surface area contributed by atoms with Gasteiger partial charge in [0.05, 0.1) is 27.5 Å². The van der Waals surface area contributed by atoms with E-state index >= 15 is 0 Å². The molecular formula is C18H17Cl2F3N6O. The molecule has 3 aromatic rings. The number of anilines is 3. The van der Waals surface area contributed by atoms with Crippen LogP contribution in [0.2, 0.25) is 10.0 Å². The predicted molar refractivity (Wildman–Crippen MR) is 109 cm³/mol. The number of benzene rings is 1. The summed E-state index contributed by atoms with van der Waals surface area (Å²) in [4.78, 5) is 13.2. The second-order valence-electron chi connectivity index (χ2n) is 6.87. The first-order valence-corrected chi connectivity index (χ1v) is 9.85. The Labute approximate surface area is 179 Å². The summed E-state index contributed by atoms with van der Waals surface area (Å²) in [6, 6.07) is 1.86. The fourth-order valence-corrected chi connectivity index (χ4v) is 3.74. The molecule has 160 valence electrons. The molecule has 3 heterocycles. The quantitative estimate of drug-likeness (QED) is 0.568. The number of alkyl halides is 3. The van der Waals surface area contributed by atoms with E-state index in [1.165, 1.54) is 0 Å². The monoisotopic (exact) mass is 460 g/mol. The van der Waals surface area contributed by atoms with Gasteiger partial charge in [-0.1, -0.05) is 23.2 Å². The Balaban J connectivity index is 1.61. The molecule has 4 rings (SSSR count). The van der Waals surface area contributed by atoms with E-state index in [9.17, 15) is 13.2 Å². The van der Waals surface area contributed by atoms with E-state index in [-0.39, 0.29) is 21.8 Å². The Morgan fingerprint density at radius 1 is 1.13 bits per heavy atom. The van der Waals surface area contributed by atoms with E-state index < -0.39 is 11.7 Å². The number of nitrogens with one attached hydrogen (secondary N) is 2. The van der Waals surface area contributed by atoms with Crippen molar-refractivity contribution in [2.45, 2.75) is 25.1 Å². The molecule has 1 aliphatic heterocycles. The molecule has 0 spiro atoms. The van der Waals surface area contributed by atoms with Crippen molar-refractivity contribution < 1.29 is 17.9 Å². The molecule has 2 N–H and O–H groups in total. The van der Waals surface area contributed by atoms with E-state index in [0.29, 0.717) is 36.3 Å². The Kier molecular flexibility index (Phi) is 5.65. The fraction of sp³-hybridized carbons (Fsp3) is 0.389. The Hall–Kier alpha value is -2.30. The van der Waals surface area contributed by atoms with Gasteiger partial charge in [-0.3, -0.25) is 4.57 Å². The van der Waals surface area contributed by atoms with Gasteiger partial charge in [0.1, 0.15) is 5.52 Å². The number of aromatic nitrogens is 4. The van der Waals surface area contributed by atoms with Crippen LogP contribution in [0.15, 0.2) is 18.3 Å². The lowest BCUT2D eigenvalue weighted by Crippen LogP contribution is -2.28. The lowest BCUT2D eigenvalue weighted by Gasteiger charge is -2.22. The molecule has 1 aliphatic rings. The molecule has 1 aromatic carbocycles. The van der Waals surface area contributed by atoms with Crippen LogP contribution in [0.1, 0.15) is 18.4 Å². The van der Waals surface area contributed by atoms with Gasteiger partial charge < -0.3 is 15.4 Å². The average molecular weight is 461 g/mol. The molecule has 7 nitrogen and oxygen atoms in total. The molecule has 1 fully saturated rings. The third-order valence-corrected chi connectivity index (χ3v) is 5.37. The van der Waals surface area contributed by atoms with Gasteiger partial charge in [0, 0.05) is 26.3 Å². The van der Waals surface area contributed by atoms with Crippen molar-refractivity contribution in [3.8, 4) is 0 Å². The predicted octanol–water partition coefficient (Wildman–Crippen LogP) is 5.02. The zero-order valence-corrected chi connectivity index (χ0v) is 17.2. The van der Waals surface area contributed by atoms with Crippen LogP contribution in [0, 0.1) is 0 Å². The largest absolute Gasteiger partial charge is 0.416 e. The lowest BCUT2D eigenvalue weighted by molar-refractivity contribution is -0.137. The highest BCUT2D eigenvalue weighted by Gasteiger charge is 2.32. The third kappa shape index (κ3) is 4.26. The number of halogens is 5. The Bertz CT molecular complexity index is 1060. The number of fused-ring (bicyclic) bond motifs is 1. The van der Waals surface area contributed by atoms with Gasteiger partial charge in [-0.2, -0.15) is 18.2 Å². The first kappa shape index (κ1) is 21.0. The molecule has 0 saturated carbocycles. The molecule has 0 amide bonds. The zero-order valence-electron chi connectivity index (χ0n) is 15.7. The highest BCUT2D eigenvalue weighted by atomic mass is 35.5. The second kappa shape index (κ2) is 8.09. The summed E-state index contributed by atoms with van der Waals surface area (Å²) >= 11 is 12.1. The highest BCUT2D eigenvalue weighted by Crippen LogP contribution is 2.39. The van der Waals surface area contributed by atoms with Crippen LogP contribution in [0.4, 0.5) is 30.8 Å². The summed E-state index contributed by atoms with van der Waals surface area (Å²) in [6.45, 7) is 1.38. The number of imidazole rings is 1. The Morgan fingerprint density at radius 2 is 1.80 bits per heavy atom. The summed E-state index contributed by atoms with van der Waals surface area (Å²) in [5.41, 5.74) is 0.249. The van der Waals surface area contributed by atoms with Crippen LogP contribution in [0.5, 0.6) is 0 Å². The number of hydrogen-bond donors (Lipinski definition) is 2. The standard InChI is InChI=1S/C18H17Cl2F3N6O/c1-29-15-13(8-24-16(28-15)25-10-2-4-30-5-3-10)26-17(29)27-14-11(19)6-9(7-12(14)20)18(21,22)23/h6-8,10H,2-5H2,1H3,(H,26,27)(H,24,25,28). The summed E-state index contributed by atoms with van der Waals surface area (Å²) < 4.78 is 45.8. The van der Waals surface area contributed by atoms with Crippen LogP contribution in [-0.2, 0) is 18.0 Å². The maximum absolute atomic E-state index is 12.9. The molecule has 0 atom stereocenters. The SMILES string of the molecule is Cn1c(Nc2c(Cl)cc(C(F)(F)F)cc2Cl)nc2cnc(NC3CCOCC3)nc21. The molecule has 0 aliphatic carbocycles. The number of rotatable bonds is 4. The normalized spacial score (nSPS) is 15.5. The first-order valence-electron chi connectivity index (χ1n) is 9.09. The first-order chi connectivity index (χ1) is 14.2. The van der Waals surface area contributed by atoms with Gasteiger partial charge in [-0.05, 0) is 25.0 Å². The molecule has 12 heteroatoms. The van der Waals surface area contributed by atoms with Crippen molar-refractivity contribution in [3.05, 3.63) is 33.9 Å². The summed E-state index contributed by atoms with van der Waals surface area (Å²) in [5, 5.41) is 5.84. The molecule has 2 aromatic heterocycles. The maximum Gasteiger partial charge on any atom is 0.416 e. The highest BCUT2D eigenvalue weighted by molar-refractivity contribution is 6.39. The van der Waals surface area contributed by atoms with Gasteiger partial charge in [0.25, 0.3) is 0 Å². The lowest BCUT2D eigenvalue weighted by atomic mass is 10.1. The topological polar surface area (TPSA) is 76.9 Å². The van der Waals surface area contributed by atoms with Crippen molar-refractivity contribution in [1.29, 1.82) is 0 Å². The van der Waals surface area contributed by atoms with Crippen LogP contribution < -0.4 is 10.6 Å². The van der Waals surface area contributed by atoms with Crippen LogP contribution in [0.25, 0.3) is 11.2 Å². The minimum atomic E-state index is -4.55. The molecule has 0 bridgehead atoms. The van der Waals surface area contributed by atoms with Gasteiger partial charge in [0.15, 0.2) is 5.65 Å². The fourth-order valence-electron chi connectivity index (χ4n) is 3.16. The molecule has 0 radical (unpaired) electrons. The Morgan fingerprint density at radius 3 is 2.43 bits per heavy atom. The van der Waals surface area contributed by atoms with Crippen molar-refractivity contribution in [2.24, 2.45) is 7.05 Å². The van der Waals surface area contributed by atoms with Crippen LogP contribution >= 0.6 is 23.2 Å². The van der Waals surface area contributed by atoms with E-state index in [0.717, 1.165) is 25.0 Å². The molecule has 30 heavy (non-hydrogen) atoms. The van der Waals surface area contributed by atoms with E-state index in [1.54, 1.807) is 17.8 Å². The van der Waals surface area contributed by atoms with Gasteiger partial charge >= 0.3 is 6.18 Å². The van der Waals surface area contributed by atoms with Crippen LogP contribution in [-0.4, -0.2) is 38.8 Å². The van der Waals surface area contributed by atoms with E-state index in [4.69, 9.17) is 27.9 Å². The van der Waals surface area contributed by atoms with Crippen molar-refractivity contribution in [3.63, 3.8) is 0 Å². The number of aryl methyl sites for hydroxylation is 1. The van der Waals surface area contributed by atoms with E-state index in [2.05, 4.69) is 25.6 Å². The van der Waals surface area contributed by atoms with Gasteiger partial charge in [-0.15, -0.1) is 0 Å². The molecule has 1 saturated heterocycles. The van der Waals surface area contributed by atoms with Crippen molar-refractivity contribution in [1.82, 2.24) is 19.5 Å². The number of ether oxygens (including phenoxy) is 1. The number of hydrogen-bond acceptors (Lipinski definition) is 6. The van der Waals surface area contributed by atoms with Gasteiger partial charge in [0.2, 0.25) is 11.9 Å². The van der Waals surface area contributed by atoms with Crippen molar-refractivity contribution >= 4 is 51.9 Å².